The van der Waals surface area contributed by atoms with Crippen molar-refractivity contribution in [2.75, 3.05) is 0 Å². The SMILES string of the molecule is CCc1occc1C(O)Cc1ccc(F)cc1Br. The second-order valence-corrected chi connectivity index (χ2v) is 4.96. The monoisotopic (exact) mass is 312 g/mol. The number of halogens is 2. The molecule has 0 fully saturated rings. The molecular formula is C14H14BrFO2. The lowest BCUT2D eigenvalue weighted by molar-refractivity contribution is 0.175. The van der Waals surface area contributed by atoms with Crippen LogP contribution in [-0.4, -0.2) is 5.11 Å². The fourth-order valence-electron chi connectivity index (χ4n) is 1.94. The molecule has 1 atom stereocenters. The standard InChI is InChI=1S/C14H14BrFO2/c1-2-14-11(5-6-18-14)13(17)7-9-3-4-10(16)8-12(9)15/h3-6,8,13,17H,2,7H2,1H3. The molecule has 0 bridgehead atoms. The Morgan fingerprint density at radius 1 is 1.39 bits per heavy atom. The summed E-state index contributed by atoms with van der Waals surface area (Å²) < 4.78 is 18.9. The molecule has 2 rings (SSSR count). The Bertz CT molecular complexity index is 536. The fraction of sp³-hybridized carbons (Fsp3) is 0.286. The second-order valence-electron chi connectivity index (χ2n) is 4.11. The van der Waals surface area contributed by atoms with E-state index in [4.69, 9.17) is 4.42 Å². The summed E-state index contributed by atoms with van der Waals surface area (Å²) in [5.74, 6) is 0.499. The number of aliphatic hydroxyl groups excluding tert-OH is 1. The van der Waals surface area contributed by atoms with Crippen LogP contribution in [0.25, 0.3) is 0 Å². The number of furan rings is 1. The Morgan fingerprint density at radius 3 is 2.83 bits per heavy atom. The quantitative estimate of drug-likeness (QED) is 0.925. The number of aryl methyl sites for hydroxylation is 1. The zero-order chi connectivity index (χ0) is 13.1. The van der Waals surface area contributed by atoms with E-state index >= 15 is 0 Å². The molecule has 0 radical (unpaired) electrons. The Morgan fingerprint density at radius 2 is 2.17 bits per heavy atom. The van der Waals surface area contributed by atoms with E-state index in [0.717, 1.165) is 23.3 Å². The van der Waals surface area contributed by atoms with Gasteiger partial charge in [0, 0.05) is 22.9 Å². The van der Waals surface area contributed by atoms with Crippen LogP contribution in [0.4, 0.5) is 4.39 Å². The molecular weight excluding hydrogens is 299 g/mol. The normalized spacial score (nSPS) is 12.7. The molecule has 0 saturated carbocycles. The lowest BCUT2D eigenvalue weighted by atomic mass is 10.0. The number of benzene rings is 1. The maximum atomic E-state index is 13.0. The molecule has 2 nitrogen and oxygen atoms in total. The largest absolute Gasteiger partial charge is 0.469 e. The lowest BCUT2D eigenvalue weighted by Crippen LogP contribution is -2.03. The van der Waals surface area contributed by atoms with E-state index < -0.39 is 6.10 Å². The predicted molar refractivity (Wildman–Crippen MR) is 70.8 cm³/mol. The van der Waals surface area contributed by atoms with Crippen molar-refractivity contribution in [1.82, 2.24) is 0 Å². The molecule has 1 aromatic carbocycles. The van der Waals surface area contributed by atoms with Crippen LogP contribution in [0.2, 0.25) is 0 Å². The molecule has 1 heterocycles. The summed E-state index contributed by atoms with van der Waals surface area (Å²) in [6, 6.07) is 6.25. The first kappa shape index (κ1) is 13.3. The molecule has 1 aromatic heterocycles. The summed E-state index contributed by atoms with van der Waals surface area (Å²) in [6.45, 7) is 1.98. The third-order valence-corrected chi connectivity index (χ3v) is 3.63. The van der Waals surface area contributed by atoms with Gasteiger partial charge in [0.15, 0.2) is 0 Å². The summed E-state index contributed by atoms with van der Waals surface area (Å²) >= 11 is 3.30. The van der Waals surface area contributed by atoms with Gasteiger partial charge in [0.25, 0.3) is 0 Å². The van der Waals surface area contributed by atoms with E-state index in [1.165, 1.54) is 12.1 Å². The minimum absolute atomic E-state index is 0.294. The molecule has 0 aliphatic carbocycles. The van der Waals surface area contributed by atoms with Crippen molar-refractivity contribution in [1.29, 1.82) is 0 Å². The van der Waals surface area contributed by atoms with Crippen molar-refractivity contribution in [3.8, 4) is 0 Å². The van der Waals surface area contributed by atoms with Crippen LogP contribution in [0.5, 0.6) is 0 Å². The highest BCUT2D eigenvalue weighted by Gasteiger charge is 2.16. The molecule has 2 aromatic rings. The third-order valence-electron chi connectivity index (χ3n) is 2.89. The summed E-state index contributed by atoms with van der Waals surface area (Å²) in [4.78, 5) is 0. The van der Waals surface area contributed by atoms with Gasteiger partial charge in [0.2, 0.25) is 0 Å². The van der Waals surface area contributed by atoms with Gasteiger partial charge >= 0.3 is 0 Å². The van der Waals surface area contributed by atoms with E-state index in [-0.39, 0.29) is 5.82 Å². The molecule has 0 aliphatic rings. The van der Waals surface area contributed by atoms with Crippen molar-refractivity contribution in [3.05, 3.63) is 57.7 Å². The third kappa shape index (κ3) is 2.82. The average molecular weight is 313 g/mol. The minimum Gasteiger partial charge on any atom is -0.469 e. The van der Waals surface area contributed by atoms with Gasteiger partial charge < -0.3 is 9.52 Å². The van der Waals surface area contributed by atoms with Gasteiger partial charge in [-0.05, 0) is 23.8 Å². The highest BCUT2D eigenvalue weighted by Crippen LogP contribution is 2.27. The average Bonchev–Trinajstić information content (AvgIpc) is 2.81. The summed E-state index contributed by atoms with van der Waals surface area (Å²) in [5.41, 5.74) is 1.67. The molecule has 4 heteroatoms. The smallest absolute Gasteiger partial charge is 0.124 e. The van der Waals surface area contributed by atoms with E-state index in [9.17, 15) is 9.50 Å². The van der Waals surface area contributed by atoms with Gasteiger partial charge in [-0.25, -0.2) is 4.39 Å². The zero-order valence-electron chi connectivity index (χ0n) is 9.99. The van der Waals surface area contributed by atoms with Crippen LogP contribution in [0.1, 0.15) is 29.9 Å². The maximum absolute atomic E-state index is 13.0. The van der Waals surface area contributed by atoms with Crippen LogP contribution >= 0.6 is 15.9 Å². The van der Waals surface area contributed by atoms with Gasteiger partial charge in [0.1, 0.15) is 11.6 Å². The van der Waals surface area contributed by atoms with Gasteiger partial charge in [-0.2, -0.15) is 0 Å². The summed E-state index contributed by atoms with van der Waals surface area (Å²) in [6.07, 6.45) is 2.11. The van der Waals surface area contributed by atoms with Crippen molar-refractivity contribution < 1.29 is 13.9 Å². The first-order valence-electron chi connectivity index (χ1n) is 5.80. The Labute approximate surface area is 114 Å². The molecule has 96 valence electrons. The van der Waals surface area contributed by atoms with Crippen LogP contribution in [0, 0.1) is 5.82 Å². The first-order valence-corrected chi connectivity index (χ1v) is 6.59. The minimum atomic E-state index is -0.638. The highest BCUT2D eigenvalue weighted by atomic mass is 79.9. The van der Waals surface area contributed by atoms with E-state index in [0.29, 0.717) is 10.9 Å². The van der Waals surface area contributed by atoms with Crippen LogP contribution < -0.4 is 0 Å². The number of aliphatic hydroxyl groups is 1. The molecule has 0 saturated heterocycles. The Balaban J connectivity index is 2.18. The van der Waals surface area contributed by atoms with Gasteiger partial charge in [-0.15, -0.1) is 0 Å². The number of rotatable bonds is 4. The molecule has 18 heavy (non-hydrogen) atoms. The lowest BCUT2D eigenvalue weighted by Gasteiger charge is -2.12. The zero-order valence-corrected chi connectivity index (χ0v) is 11.6. The highest BCUT2D eigenvalue weighted by molar-refractivity contribution is 9.10. The Kier molecular flexibility index (Phi) is 4.19. The molecule has 0 spiro atoms. The van der Waals surface area contributed by atoms with Crippen molar-refractivity contribution in [3.63, 3.8) is 0 Å². The topological polar surface area (TPSA) is 33.4 Å². The fourth-order valence-corrected chi connectivity index (χ4v) is 2.45. The summed E-state index contributed by atoms with van der Waals surface area (Å²) in [5, 5.41) is 10.2. The molecule has 1 N–H and O–H groups in total. The first-order chi connectivity index (χ1) is 8.61. The summed E-state index contributed by atoms with van der Waals surface area (Å²) in [7, 11) is 0. The van der Waals surface area contributed by atoms with Crippen molar-refractivity contribution in [2.45, 2.75) is 25.9 Å². The van der Waals surface area contributed by atoms with E-state index in [2.05, 4.69) is 15.9 Å². The maximum Gasteiger partial charge on any atom is 0.124 e. The van der Waals surface area contributed by atoms with Crippen molar-refractivity contribution in [2.24, 2.45) is 0 Å². The van der Waals surface area contributed by atoms with Crippen molar-refractivity contribution >= 4 is 15.9 Å². The van der Waals surface area contributed by atoms with E-state index in [1.807, 2.05) is 6.92 Å². The van der Waals surface area contributed by atoms with Crippen LogP contribution in [-0.2, 0) is 12.8 Å². The van der Waals surface area contributed by atoms with Gasteiger partial charge in [0.05, 0.1) is 12.4 Å². The molecule has 1 unspecified atom stereocenters. The van der Waals surface area contributed by atoms with Gasteiger partial charge in [-0.3, -0.25) is 0 Å². The van der Waals surface area contributed by atoms with Crippen LogP contribution in [0.3, 0.4) is 0 Å². The van der Waals surface area contributed by atoms with E-state index in [1.54, 1.807) is 18.4 Å². The molecule has 0 amide bonds. The number of hydrogen-bond donors (Lipinski definition) is 1. The molecule has 0 aliphatic heterocycles. The van der Waals surface area contributed by atoms with Gasteiger partial charge in [-0.1, -0.05) is 28.9 Å². The second kappa shape index (κ2) is 5.67. The number of hydrogen-bond acceptors (Lipinski definition) is 2. The Hall–Kier alpha value is -1.13. The van der Waals surface area contributed by atoms with Crippen LogP contribution in [0.15, 0.2) is 39.4 Å². The predicted octanol–water partition coefficient (Wildman–Crippen LogP) is 4.02.